The smallest absolute Gasteiger partial charge is 0.244 e. The van der Waals surface area contributed by atoms with Crippen LogP contribution in [0.4, 0.5) is 0 Å². The fraction of sp³-hybridized carbons (Fsp3) is 0.471. The number of rotatable bonds is 4. The van der Waals surface area contributed by atoms with Crippen molar-refractivity contribution in [2.24, 2.45) is 5.92 Å². The lowest BCUT2D eigenvalue weighted by atomic mass is 9.86. The van der Waals surface area contributed by atoms with Crippen molar-refractivity contribution in [2.75, 3.05) is 7.11 Å². The Morgan fingerprint density at radius 1 is 1.25 bits per heavy atom. The number of methoxy groups -OCH3 is 1. The van der Waals surface area contributed by atoms with Gasteiger partial charge in [0, 0.05) is 12.1 Å². The number of benzene rings is 1. The largest absolute Gasteiger partial charge is 0.497 e. The molecule has 0 aromatic heterocycles. The summed E-state index contributed by atoms with van der Waals surface area (Å²) >= 11 is 0. The first kappa shape index (κ1) is 14.6. The average molecular weight is 273 g/mol. The Hall–Kier alpha value is -1.77. The SMILES string of the molecule is COc1ccc(/C=C/C(=O)N[C@H]2CCCC[C@@H]2C)cc1. The van der Waals surface area contributed by atoms with Crippen LogP contribution >= 0.6 is 0 Å². The third kappa shape index (κ3) is 4.12. The molecule has 3 nitrogen and oxygen atoms in total. The standard InChI is InChI=1S/C17H23NO2/c1-13-5-3-4-6-16(13)18-17(19)12-9-14-7-10-15(20-2)11-8-14/h7-13,16H,3-6H2,1-2H3,(H,18,19)/b12-9+/t13-,16-/m0/s1. The Morgan fingerprint density at radius 3 is 2.60 bits per heavy atom. The molecule has 1 aliphatic carbocycles. The van der Waals surface area contributed by atoms with Crippen LogP contribution in [0.15, 0.2) is 30.3 Å². The number of hydrogen-bond donors (Lipinski definition) is 1. The fourth-order valence-electron chi connectivity index (χ4n) is 2.65. The Morgan fingerprint density at radius 2 is 1.95 bits per heavy atom. The zero-order chi connectivity index (χ0) is 14.4. The maximum Gasteiger partial charge on any atom is 0.244 e. The van der Waals surface area contributed by atoms with Crippen molar-refractivity contribution in [3.05, 3.63) is 35.9 Å². The molecule has 0 aliphatic heterocycles. The molecule has 3 heteroatoms. The highest BCUT2D eigenvalue weighted by Gasteiger charge is 2.21. The van der Waals surface area contributed by atoms with Gasteiger partial charge < -0.3 is 10.1 Å². The normalized spacial score (nSPS) is 22.7. The molecule has 0 saturated heterocycles. The van der Waals surface area contributed by atoms with Crippen LogP contribution in [0.2, 0.25) is 0 Å². The lowest BCUT2D eigenvalue weighted by molar-refractivity contribution is -0.117. The summed E-state index contributed by atoms with van der Waals surface area (Å²) in [6.07, 6.45) is 8.27. The molecule has 0 unspecified atom stereocenters. The van der Waals surface area contributed by atoms with E-state index in [0.717, 1.165) is 17.7 Å². The van der Waals surface area contributed by atoms with Gasteiger partial charge in [-0.1, -0.05) is 31.9 Å². The zero-order valence-corrected chi connectivity index (χ0v) is 12.3. The van der Waals surface area contributed by atoms with Crippen molar-refractivity contribution in [2.45, 2.75) is 38.6 Å². The van der Waals surface area contributed by atoms with Gasteiger partial charge in [-0.2, -0.15) is 0 Å². The summed E-state index contributed by atoms with van der Waals surface area (Å²) in [5.74, 6) is 1.41. The van der Waals surface area contributed by atoms with Crippen molar-refractivity contribution in [1.82, 2.24) is 5.32 Å². The minimum Gasteiger partial charge on any atom is -0.497 e. The van der Waals surface area contributed by atoms with E-state index >= 15 is 0 Å². The fourth-order valence-corrected chi connectivity index (χ4v) is 2.65. The van der Waals surface area contributed by atoms with Crippen molar-refractivity contribution in [1.29, 1.82) is 0 Å². The second kappa shape index (κ2) is 7.13. The molecule has 1 aromatic rings. The predicted molar refractivity (Wildman–Crippen MR) is 81.6 cm³/mol. The first-order chi connectivity index (χ1) is 9.69. The summed E-state index contributed by atoms with van der Waals surface area (Å²) in [6, 6.07) is 7.98. The van der Waals surface area contributed by atoms with Gasteiger partial charge in [-0.25, -0.2) is 0 Å². The Balaban J connectivity index is 1.87. The molecule has 2 rings (SSSR count). The first-order valence-electron chi connectivity index (χ1n) is 7.31. The zero-order valence-electron chi connectivity index (χ0n) is 12.3. The summed E-state index contributed by atoms with van der Waals surface area (Å²) < 4.78 is 5.10. The maximum absolute atomic E-state index is 11.9. The molecule has 1 N–H and O–H groups in total. The van der Waals surface area contributed by atoms with Gasteiger partial charge in [0.1, 0.15) is 5.75 Å². The van der Waals surface area contributed by atoms with Gasteiger partial charge in [0.2, 0.25) is 5.91 Å². The predicted octanol–water partition coefficient (Wildman–Crippen LogP) is 3.40. The lowest BCUT2D eigenvalue weighted by Gasteiger charge is -2.29. The average Bonchev–Trinajstić information content (AvgIpc) is 2.48. The number of nitrogens with one attached hydrogen (secondary N) is 1. The minimum absolute atomic E-state index is 0.000400. The van der Waals surface area contributed by atoms with Gasteiger partial charge in [-0.3, -0.25) is 4.79 Å². The topological polar surface area (TPSA) is 38.3 Å². The maximum atomic E-state index is 11.9. The van der Waals surface area contributed by atoms with E-state index in [1.54, 1.807) is 13.2 Å². The molecule has 0 heterocycles. The number of ether oxygens (including phenoxy) is 1. The monoisotopic (exact) mass is 273 g/mol. The molecule has 0 bridgehead atoms. The molecule has 1 amide bonds. The van der Waals surface area contributed by atoms with Crippen LogP contribution < -0.4 is 10.1 Å². The number of hydrogen-bond acceptors (Lipinski definition) is 2. The minimum atomic E-state index is -0.000400. The molecule has 2 atom stereocenters. The van der Waals surface area contributed by atoms with Crippen molar-refractivity contribution < 1.29 is 9.53 Å². The molecule has 1 fully saturated rings. The molecule has 20 heavy (non-hydrogen) atoms. The molecule has 1 aliphatic rings. The van der Waals surface area contributed by atoms with Crippen LogP contribution in [0.5, 0.6) is 5.75 Å². The summed E-state index contributed by atoms with van der Waals surface area (Å²) in [6.45, 7) is 2.22. The van der Waals surface area contributed by atoms with E-state index in [-0.39, 0.29) is 5.91 Å². The molecular weight excluding hydrogens is 250 g/mol. The summed E-state index contributed by atoms with van der Waals surface area (Å²) in [4.78, 5) is 11.9. The highest BCUT2D eigenvalue weighted by Crippen LogP contribution is 2.23. The van der Waals surface area contributed by atoms with E-state index in [2.05, 4.69) is 12.2 Å². The van der Waals surface area contributed by atoms with E-state index in [1.165, 1.54) is 19.3 Å². The van der Waals surface area contributed by atoms with Crippen molar-refractivity contribution in [3.8, 4) is 5.75 Å². The molecule has 108 valence electrons. The third-order valence-electron chi connectivity index (χ3n) is 3.98. The quantitative estimate of drug-likeness (QED) is 0.854. The summed E-state index contributed by atoms with van der Waals surface area (Å²) in [5, 5.41) is 3.11. The summed E-state index contributed by atoms with van der Waals surface area (Å²) in [5.41, 5.74) is 0.998. The van der Waals surface area contributed by atoms with Crippen LogP contribution in [-0.2, 0) is 4.79 Å². The van der Waals surface area contributed by atoms with Gasteiger partial charge in [-0.15, -0.1) is 0 Å². The van der Waals surface area contributed by atoms with E-state index in [4.69, 9.17) is 4.74 Å². The van der Waals surface area contributed by atoms with Gasteiger partial charge >= 0.3 is 0 Å². The lowest BCUT2D eigenvalue weighted by Crippen LogP contribution is -2.40. The summed E-state index contributed by atoms with van der Waals surface area (Å²) in [7, 11) is 1.64. The van der Waals surface area contributed by atoms with Crippen LogP contribution in [0.25, 0.3) is 6.08 Å². The van der Waals surface area contributed by atoms with Gasteiger partial charge in [0.05, 0.1) is 7.11 Å². The molecule has 0 radical (unpaired) electrons. The Labute approximate surface area is 121 Å². The van der Waals surface area contributed by atoms with E-state index in [9.17, 15) is 4.79 Å². The van der Waals surface area contributed by atoms with Crippen LogP contribution in [0, 0.1) is 5.92 Å². The number of amides is 1. The van der Waals surface area contributed by atoms with Crippen molar-refractivity contribution in [3.63, 3.8) is 0 Å². The van der Waals surface area contributed by atoms with Gasteiger partial charge in [-0.05, 0) is 42.5 Å². The molecule has 1 aromatic carbocycles. The molecule has 0 spiro atoms. The Bertz CT molecular complexity index is 464. The highest BCUT2D eigenvalue weighted by molar-refractivity contribution is 5.91. The molecular formula is C17H23NO2. The van der Waals surface area contributed by atoms with Crippen LogP contribution in [0.1, 0.15) is 38.2 Å². The van der Waals surface area contributed by atoms with Gasteiger partial charge in [0.15, 0.2) is 0 Å². The van der Waals surface area contributed by atoms with E-state index < -0.39 is 0 Å². The van der Waals surface area contributed by atoms with E-state index in [0.29, 0.717) is 12.0 Å². The highest BCUT2D eigenvalue weighted by atomic mass is 16.5. The Kier molecular flexibility index (Phi) is 5.22. The van der Waals surface area contributed by atoms with Crippen LogP contribution in [-0.4, -0.2) is 19.1 Å². The van der Waals surface area contributed by atoms with Crippen LogP contribution in [0.3, 0.4) is 0 Å². The second-order valence-corrected chi connectivity index (χ2v) is 5.48. The van der Waals surface area contributed by atoms with Crippen molar-refractivity contribution >= 4 is 12.0 Å². The van der Waals surface area contributed by atoms with E-state index in [1.807, 2.05) is 30.3 Å². The number of carbonyl (C=O) groups is 1. The third-order valence-corrected chi connectivity index (χ3v) is 3.98. The number of carbonyl (C=O) groups excluding carboxylic acids is 1. The first-order valence-corrected chi connectivity index (χ1v) is 7.31. The molecule has 1 saturated carbocycles. The van der Waals surface area contributed by atoms with Gasteiger partial charge in [0.25, 0.3) is 0 Å². The second-order valence-electron chi connectivity index (χ2n) is 5.48.